The second-order valence-electron chi connectivity index (χ2n) is 16.5. The van der Waals surface area contributed by atoms with Crippen molar-refractivity contribution in [2.24, 2.45) is 0 Å². The zero-order valence-corrected chi connectivity index (χ0v) is 42.9. The van der Waals surface area contributed by atoms with E-state index >= 15 is 0 Å². The lowest BCUT2D eigenvalue weighted by molar-refractivity contribution is 0.0383. The molecular weight excluding hydrogens is 937 g/mol. The maximum absolute atomic E-state index is 13.2. The topological polar surface area (TPSA) is 124 Å². The predicted octanol–water partition coefficient (Wildman–Crippen LogP) is 13.3. The summed E-state index contributed by atoms with van der Waals surface area (Å²) in [5.74, 6) is 6.36. The van der Waals surface area contributed by atoms with E-state index in [1.165, 1.54) is 51.4 Å². The summed E-state index contributed by atoms with van der Waals surface area (Å²) in [6.45, 7) is 5.73. The highest BCUT2D eigenvalue weighted by atomic mass is 32.2. The number of esters is 4. The number of rotatable bonds is 24. The molecule has 0 unspecified atom stereocenters. The van der Waals surface area contributed by atoms with Crippen LogP contribution in [0.5, 0.6) is 23.0 Å². The van der Waals surface area contributed by atoms with E-state index < -0.39 is 23.9 Å². The zero-order valence-electron chi connectivity index (χ0n) is 39.7. The SMILES string of the molecule is CCCCCCCCOc1ccc(C(=O)Oc2ccc(C(=O)OC3CSCCSCC(OC(=O)c4ccc(OC(=O)c5ccc(OCCCCCCCC)cc5)cc4)CSCCSC3)cc2)cc1. The normalized spacial score (nSPS) is 15.9. The highest BCUT2D eigenvalue weighted by molar-refractivity contribution is 8.04. The molecule has 5 rings (SSSR count). The molecular formula is C54H68O10S4. The second kappa shape index (κ2) is 32.5. The van der Waals surface area contributed by atoms with Crippen molar-refractivity contribution in [2.45, 2.75) is 103 Å². The Labute approximate surface area is 420 Å². The highest BCUT2D eigenvalue weighted by Crippen LogP contribution is 2.24. The van der Waals surface area contributed by atoms with E-state index in [1.807, 2.05) is 0 Å². The molecule has 14 heteroatoms. The standard InChI is InChI=1S/C54H68O10S4/c1-3-5-7-9-11-13-31-59-45-23-15-41(16-24-45)51(55)61-47-27-19-43(20-28-47)53(57)63-49-37-65-33-35-67-39-50(40-68-36-34-66-38-49)64-54(58)44-21-29-48(30-22-44)62-52(56)42-17-25-46(26-18-42)60-32-14-12-10-8-6-4-2/h15-30,49-50H,3-14,31-40H2,1-2H3. The van der Waals surface area contributed by atoms with Gasteiger partial charge in [-0.25, -0.2) is 19.2 Å². The number of unbranched alkanes of at least 4 members (excludes halogenated alkanes) is 10. The fraction of sp³-hybridized carbons (Fsp3) is 0.481. The summed E-state index contributed by atoms with van der Waals surface area (Å²) in [7, 11) is 0. The molecule has 368 valence electrons. The number of hydrogen-bond acceptors (Lipinski definition) is 14. The third kappa shape index (κ3) is 21.2. The van der Waals surface area contributed by atoms with Crippen LogP contribution in [-0.4, -0.2) is 95.3 Å². The number of hydrogen-bond donors (Lipinski definition) is 0. The Kier molecular flexibility index (Phi) is 26.2. The van der Waals surface area contributed by atoms with Gasteiger partial charge >= 0.3 is 23.9 Å². The molecule has 1 fully saturated rings. The molecule has 68 heavy (non-hydrogen) atoms. The van der Waals surface area contributed by atoms with Crippen LogP contribution < -0.4 is 18.9 Å². The van der Waals surface area contributed by atoms with Crippen molar-refractivity contribution in [1.29, 1.82) is 0 Å². The summed E-state index contributed by atoms with van der Waals surface area (Å²) in [5.41, 5.74) is 1.60. The number of benzene rings is 4. The van der Waals surface area contributed by atoms with Gasteiger partial charge in [0.2, 0.25) is 0 Å². The molecule has 0 aromatic heterocycles. The number of carbonyl (C=O) groups excluding carboxylic acids is 4. The first-order valence-electron chi connectivity index (χ1n) is 24.1. The highest BCUT2D eigenvalue weighted by Gasteiger charge is 2.21. The molecule has 0 N–H and O–H groups in total. The van der Waals surface area contributed by atoms with Crippen LogP contribution in [0.15, 0.2) is 97.1 Å². The van der Waals surface area contributed by atoms with Gasteiger partial charge in [0.1, 0.15) is 35.2 Å². The molecule has 4 aromatic carbocycles. The lowest BCUT2D eigenvalue weighted by Gasteiger charge is -2.20. The molecule has 1 saturated heterocycles. The van der Waals surface area contributed by atoms with Crippen molar-refractivity contribution in [1.82, 2.24) is 0 Å². The minimum absolute atomic E-state index is 0.264. The molecule has 0 saturated carbocycles. The van der Waals surface area contributed by atoms with Crippen molar-refractivity contribution in [3.8, 4) is 23.0 Å². The second-order valence-corrected chi connectivity index (χ2v) is 21.1. The van der Waals surface area contributed by atoms with E-state index in [4.69, 9.17) is 28.4 Å². The van der Waals surface area contributed by atoms with Gasteiger partial charge < -0.3 is 28.4 Å². The van der Waals surface area contributed by atoms with Crippen LogP contribution in [0.1, 0.15) is 132 Å². The van der Waals surface area contributed by atoms with E-state index in [0.717, 1.165) is 60.2 Å². The molecule has 10 nitrogen and oxygen atoms in total. The van der Waals surface area contributed by atoms with E-state index in [0.29, 0.717) is 70.0 Å². The fourth-order valence-electron chi connectivity index (χ4n) is 6.94. The maximum atomic E-state index is 13.2. The molecule has 4 aromatic rings. The largest absolute Gasteiger partial charge is 0.494 e. The van der Waals surface area contributed by atoms with Gasteiger partial charge in [0, 0.05) is 46.0 Å². The van der Waals surface area contributed by atoms with Gasteiger partial charge in [-0.05, 0) is 110 Å². The molecule has 1 aliphatic rings. The quantitative estimate of drug-likeness (QED) is 0.0376. The summed E-state index contributed by atoms with van der Waals surface area (Å²) < 4.78 is 34.8. The van der Waals surface area contributed by atoms with Gasteiger partial charge in [0.15, 0.2) is 0 Å². The van der Waals surface area contributed by atoms with Gasteiger partial charge in [-0.3, -0.25) is 0 Å². The van der Waals surface area contributed by atoms with Crippen LogP contribution in [0.25, 0.3) is 0 Å². The molecule has 0 spiro atoms. The van der Waals surface area contributed by atoms with Crippen LogP contribution in [0.4, 0.5) is 0 Å². The Balaban J connectivity index is 0.979. The average Bonchev–Trinajstić information content (AvgIpc) is 3.35. The van der Waals surface area contributed by atoms with Gasteiger partial charge in [-0.15, -0.1) is 0 Å². The van der Waals surface area contributed by atoms with Gasteiger partial charge in [0.05, 0.1) is 35.5 Å². The molecule has 1 aliphatic heterocycles. The minimum Gasteiger partial charge on any atom is -0.494 e. The van der Waals surface area contributed by atoms with Crippen LogP contribution in [-0.2, 0) is 9.47 Å². The van der Waals surface area contributed by atoms with Crippen LogP contribution in [0.3, 0.4) is 0 Å². The van der Waals surface area contributed by atoms with Gasteiger partial charge in [0.25, 0.3) is 0 Å². The molecule has 0 amide bonds. The summed E-state index contributed by atoms with van der Waals surface area (Å²) >= 11 is 6.93. The monoisotopic (exact) mass is 1000 g/mol. The van der Waals surface area contributed by atoms with Crippen LogP contribution >= 0.6 is 47.0 Å². The molecule has 0 radical (unpaired) electrons. The lowest BCUT2D eigenvalue weighted by Crippen LogP contribution is -2.25. The summed E-state index contributed by atoms with van der Waals surface area (Å²) in [5, 5.41) is 0. The smallest absolute Gasteiger partial charge is 0.343 e. The summed E-state index contributed by atoms with van der Waals surface area (Å²) in [4.78, 5) is 52.0. The maximum Gasteiger partial charge on any atom is 0.343 e. The van der Waals surface area contributed by atoms with Crippen LogP contribution in [0.2, 0.25) is 0 Å². The zero-order chi connectivity index (χ0) is 48.0. The van der Waals surface area contributed by atoms with Crippen LogP contribution in [0, 0.1) is 0 Å². The average molecular weight is 1010 g/mol. The number of thioether (sulfide) groups is 4. The first-order valence-corrected chi connectivity index (χ1v) is 28.8. The van der Waals surface area contributed by atoms with Gasteiger partial charge in [-0.1, -0.05) is 78.1 Å². The Hall–Kier alpha value is -4.24. The van der Waals surface area contributed by atoms with E-state index in [-0.39, 0.29) is 12.2 Å². The molecule has 0 bridgehead atoms. The molecule has 1 heterocycles. The third-order valence-electron chi connectivity index (χ3n) is 10.8. The van der Waals surface area contributed by atoms with Crippen molar-refractivity contribution >= 4 is 70.9 Å². The van der Waals surface area contributed by atoms with Gasteiger partial charge in [-0.2, -0.15) is 47.0 Å². The van der Waals surface area contributed by atoms with Crippen molar-refractivity contribution in [2.75, 3.05) is 59.2 Å². The van der Waals surface area contributed by atoms with Crippen molar-refractivity contribution in [3.63, 3.8) is 0 Å². The van der Waals surface area contributed by atoms with E-state index in [2.05, 4.69) is 13.8 Å². The molecule has 0 atom stereocenters. The first-order chi connectivity index (χ1) is 33.3. The Morgan fingerprint density at radius 3 is 0.985 bits per heavy atom. The van der Waals surface area contributed by atoms with E-state index in [9.17, 15) is 19.2 Å². The predicted molar refractivity (Wildman–Crippen MR) is 281 cm³/mol. The Bertz CT molecular complexity index is 1900. The number of ether oxygens (including phenoxy) is 6. The first kappa shape index (κ1) is 54.7. The fourth-order valence-corrected chi connectivity index (χ4v) is 11.6. The Morgan fingerprint density at radius 1 is 0.382 bits per heavy atom. The Morgan fingerprint density at radius 2 is 0.662 bits per heavy atom. The third-order valence-corrected chi connectivity index (χ3v) is 15.7. The molecule has 0 aliphatic carbocycles. The lowest BCUT2D eigenvalue weighted by atomic mass is 10.1. The van der Waals surface area contributed by atoms with Crippen molar-refractivity contribution < 1.29 is 47.6 Å². The summed E-state index contributed by atoms with van der Waals surface area (Å²) in [6, 6.07) is 26.8. The van der Waals surface area contributed by atoms with Crippen molar-refractivity contribution in [3.05, 3.63) is 119 Å². The number of carbonyl (C=O) groups is 4. The summed E-state index contributed by atoms with van der Waals surface area (Å²) in [6.07, 6.45) is 13.8. The minimum atomic E-state index is -0.490. The van der Waals surface area contributed by atoms with E-state index in [1.54, 1.807) is 144 Å².